The van der Waals surface area contributed by atoms with Gasteiger partial charge in [-0.05, 0) is 37.1 Å². The number of ether oxygens (including phenoxy) is 2. The highest BCUT2D eigenvalue weighted by Crippen LogP contribution is 2.44. The first-order valence-electron chi connectivity index (χ1n) is 8.63. The Balaban J connectivity index is 1.83. The number of benzene rings is 2. The van der Waals surface area contributed by atoms with Crippen LogP contribution in [0, 0.1) is 0 Å². The van der Waals surface area contributed by atoms with Crippen LogP contribution in [0.1, 0.15) is 12.0 Å². The Morgan fingerprint density at radius 3 is 2.79 bits per heavy atom. The average Bonchev–Trinajstić information content (AvgIpc) is 2.82. The quantitative estimate of drug-likeness (QED) is 0.941. The molecule has 1 atom stereocenters. The zero-order valence-corrected chi connectivity index (χ0v) is 14.3. The summed E-state index contributed by atoms with van der Waals surface area (Å²) in [5, 5.41) is 3.52. The Kier molecular flexibility index (Phi) is 4.07. The van der Waals surface area contributed by atoms with Crippen molar-refractivity contribution in [2.75, 3.05) is 38.8 Å². The normalized spacial score (nSPS) is 19.4. The van der Waals surface area contributed by atoms with Crippen LogP contribution in [0.2, 0.25) is 0 Å². The molecule has 2 aliphatic heterocycles. The van der Waals surface area contributed by atoms with E-state index in [0.29, 0.717) is 6.04 Å². The van der Waals surface area contributed by atoms with Crippen molar-refractivity contribution in [3.05, 3.63) is 42.0 Å². The van der Waals surface area contributed by atoms with Crippen LogP contribution in [0.25, 0.3) is 11.1 Å². The Hall–Kier alpha value is -2.20. The monoisotopic (exact) mass is 324 g/mol. The van der Waals surface area contributed by atoms with E-state index in [2.05, 4.69) is 34.5 Å². The van der Waals surface area contributed by atoms with Crippen LogP contribution < -0.4 is 19.7 Å². The number of fused-ring (bicyclic) bond motifs is 3. The summed E-state index contributed by atoms with van der Waals surface area (Å²) in [6, 6.07) is 13.3. The van der Waals surface area contributed by atoms with Gasteiger partial charge in [0.15, 0.2) is 0 Å². The maximum atomic E-state index is 5.65. The highest BCUT2D eigenvalue weighted by atomic mass is 16.5. The van der Waals surface area contributed by atoms with E-state index >= 15 is 0 Å². The fourth-order valence-corrected chi connectivity index (χ4v) is 4.03. The average molecular weight is 324 g/mol. The van der Waals surface area contributed by atoms with E-state index in [1.165, 1.54) is 23.2 Å². The molecule has 4 heteroatoms. The lowest BCUT2D eigenvalue weighted by Crippen LogP contribution is -2.33. The van der Waals surface area contributed by atoms with E-state index < -0.39 is 0 Å². The number of nitrogens with one attached hydrogen (secondary N) is 1. The summed E-state index contributed by atoms with van der Waals surface area (Å²) < 4.78 is 11.0. The first-order valence-corrected chi connectivity index (χ1v) is 8.63. The van der Waals surface area contributed by atoms with Crippen LogP contribution in [0.4, 0.5) is 5.69 Å². The van der Waals surface area contributed by atoms with Crippen molar-refractivity contribution in [2.45, 2.75) is 18.9 Å². The van der Waals surface area contributed by atoms with Gasteiger partial charge in [-0.15, -0.1) is 0 Å². The Morgan fingerprint density at radius 2 is 1.96 bits per heavy atom. The molecular formula is C20H24N2O2. The maximum absolute atomic E-state index is 5.65. The molecule has 1 fully saturated rings. The zero-order valence-electron chi connectivity index (χ0n) is 14.3. The van der Waals surface area contributed by atoms with Gasteiger partial charge in [0.25, 0.3) is 0 Å². The third-order valence-electron chi connectivity index (χ3n) is 5.19. The number of hydrogen-bond donors (Lipinski definition) is 1. The molecule has 0 spiro atoms. The minimum absolute atomic E-state index is 0.611. The first kappa shape index (κ1) is 15.3. The lowest BCUT2D eigenvalue weighted by Gasteiger charge is -2.27. The molecule has 2 aromatic rings. The number of methoxy groups -OCH3 is 2. The number of rotatable bonds is 3. The van der Waals surface area contributed by atoms with Crippen LogP contribution in [0.3, 0.4) is 0 Å². The standard InChI is InChI=1S/C20H24N2O2/c1-23-16-6-7-17(19(13-16)24-2)18-5-3-4-14-12-15-8-9-21-10-11-22(15)20(14)18/h3-7,13,15,21H,8-12H2,1-2H3. The summed E-state index contributed by atoms with van der Waals surface area (Å²) in [4.78, 5) is 2.59. The number of hydrogen-bond acceptors (Lipinski definition) is 4. The van der Waals surface area contributed by atoms with E-state index in [1.807, 2.05) is 12.1 Å². The third-order valence-corrected chi connectivity index (χ3v) is 5.19. The highest BCUT2D eigenvalue weighted by Gasteiger charge is 2.32. The molecule has 0 aliphatic carbocycles. The molecule has 0 amide bonds. The van der Waals surface area contributed by atoms with Crippen LogP contribution in [-0.4, -0.2) is 39.9 Å². The number of nitrogens with zero attached hydrogens (tertiary/aromatic N) is 1. The van der Waals surface area contributed by atoms with Gasteiger partial charge in [0, 0.05) is 42.0 Å². The summed E-state index contributed by atoms with van der Waals surface area (Å²) in [6.07, 6.45) is 2.34. The van der Waals surface area contributed by atoms with Gasteiger partial charge in [-0.1, -0.05) is 18.2 Å². The summed E-state index contributed by atoms with van der Waals surface area (Å²) >= 11 is 0. The van der Waals surface area contributed by atoms with Crippen molar-refractivity contribution in [3.8, 4) is 22.6 Å². The number of para-hydroxylation sites is 1. The molecule has 24 heavy (non-hydrogen) atoms. The fourth-order valence-electron chi connectivity index (χ4n) is 4.03. The second-order valence-corrected chi connectivity index (χ2v) is 6.47. The molecular weight excluding hydrogens is 300 g/mol. The first-order chi connectivity index (χ1) is 11.8. The molecule has 1 saturated heterocycles. The van der Waals surface area contributed by atoms with Crippen LogP contribution in [0.15, 0.2) is 36.4 Å². The van der Waals surface area contributed by atoms with Gasteiger partial charge >= 0.3 is 0 Å². The van der Waals surface area contributed by atoms with Gasteiger partial charge in [-0.3, -0.25) is 0 Å². The minimum Gasteiger partial charge on any atom is -0.497 e. The summed E-state index contributed by atoms with van der Waals surface area (Å²) in [7, 11) is 3.41. The highest BCUT2D eigenvalue weighted by molar-refractivity contribution is 5.86. The molecule has 0 bridgehead atoms. The zero-order chi connectivity index (χ0) is 16.5. The number of anilines is 1. The second-order valence-electron chi connectivity index (χ2n) is 6.47. The Morgan fingerprint density at radius 1 is 1.04 bits per heavy atom. The molecule has 4 nitrogen and oxygen atoms in total. The van der Waals surface area contributed by atoms with Gasteiger partial charge in [-0.25, -0.2) is 0 Å². The molecule has 4 rings (SSSR count). The minimum atomic E-state index is 0.611. The molecule has 2 aliphatic rings. The van der Waals surface area contributed by atoms with Crippen molar-refractivity contribution < 1.29 is 9.47 Å². The smallest absolute Gasteiger partial charge is 0.130 e. The molecule has 2 aromatic carbocycles. The molecule has 1 N–H and O–H groups in total. The summed E-state index contributed by atoms with van der Waals surface area (Å²) in [6.45, 7) is 3.22. The van der Waals surface area contributed by atoms with Gasteiger partial charge in [-0.2, -0.15) is 0 Å². The van der Waals surface area contributed by atoms with E-state index in [4.69, 9.17) is 9.47 Å². The fraction of sp³-hybridized carbons (Fsp3) is 0.400. The van der Waals surface area contributed by atoms with Gasteiger partial charge < -0.3 is 19.7 Å². The topological polar surface area (TPSA) is 33.7 Å². The van der Waals surface area contributed by atoms with E-state index in [9.17, 15) is 0 Å². The molecule has 1 unspecified atom stereocenters. The van der Waals surface area contributed by atoms with Crippen molar-refractivity contribution >= 4 is 5.69 Å². The van der Waals surface area contributed by atoms with Gasteiger partial charge in [0.1, 0.15) is 11.5 Å². The molecule has 0 radical (unpaired) electrons. The largest absolute Gasteiger partial charge is 0.497 e. The third kappa shape index (κ3) is 2.51. The van der Waals surface area contributed by atoms with Crippen LogP contribution in [0.5, 0.6) is 11.5 Å². The lowest BCUT2D eigenvalue weighted by atomic mass is 9.99. The van der Waals surface area contributed by atoms with Crippen molar-refractivity contribution in [3.63, 3.8) is 0 Å². The van der Waals surface area contributed by atoms with Gasteiger partial charge in [0.2, 0.25) is 0 Å². The molecule has 0 saturated carbocycles. The Bertz CT molecular complexity index is 744. The van der Waals surface area contributed by atoms with Crippen molar-refractivity contribution in [1.29, 1.82) is 0 Å². The summed E-state index contributed by atoms with van der Waals surface area (Å²) in [5.41, 5.74) is 5.23. The van der Waals surface area contributed by atoms with E-state index in [0.717, 1.165) is 43.1 Å². The van der Waals surface area contributed by atoms with Crippen LogP contribution in [-0.2, 0) is 6.42 Å². The lowest BCUT2D eigenvalue weighted by molar-refractivity contribution is 0.395. The molecule has 126 valence electrons. The van der Waals surface area contributed by atoms with E-state index in [1.54, 1.807) is 14.2 Å². The summed E-state index contributed by atoms with van der Waals surface area (Å²) in [5.74, 6) is 1.68. The SMILES string of the molecule is COc1ccc(-c2cccc3c2N2CCNCCC2C3)c(OC)c1. The molecule has 2 heterocycles. The second kappa shape index (κ2) is 6.36. The van der Waals surface area contributed by atoms with E-state index in [-0.39, 0.29) is 0 Å². The predicted octanol–water partition coefficient (Wildman–Crippen LogP) is 3.10. The van der Waals surface area contributed by atoms with Crippen molar-refractivity contribution in [1.82, 2.24) is 5.32 Å². The van der Waals surface area contributed by atoms with Crippen molar-refractivity contribution in [2.24, 2.45) is 0 Å². The van der Waals surface area contributed by atoms with Crippen LogP contribution >= 0.6 is 0 Å². The maximum Gasteiger partial charge on any atom is 0.130 e. The molecule has 0 aromatic heterocycles. The van der Waals surface area contributed by atoms with Gasteiger partial charge in [0.05, 0.1) is 14.2 Å². The predicted molar refractivity (Wildman–Crippen MR) is 97.3 cm³/mol. The Labute approximate surface area is 143 Å².